The molecule has 0 spiro atoms. The molecule has 1 aromatic rings. The molecule has 1 amide bonds. The lowest BCUT2D eigenvalue weighted by Gasteiger charge is -2.28. The van der Waals surface area contributed by atoms with E-state index in [1.54, 1.807) is 6.92 Å². The van der Waals surface area contributed by atoms with Gasteiger partial charge in [0.1, 0.15) is 0 Å². The number of rotatable bonds is 4. The summed E-state index contributed by atoms with van der Waals surface area (Å²) in [5.74, 6) is 0.187. The van der Waals surface area contributed by atoms with E-state index < -0.39 is 0 Å². The van der Waals surface area contributed by atoms with Gasteiger partial charge in [-0.2, -0.15) is 0 Å². The average Bonchev–Trinajstić information content (AvgIpc) is 2.75. The van der Waals surface area contributed by atoms with Crippen LogP contribution in [0.1, 0.15) is 38.3 Å². The molecule has 21 heavy (non-hydrogen) atoms. The summed E-state index contributed by atoms with van der Waals surface area (Å²) in [6.45, 7) is 7.49. The predicted octanol–water partition coefficient (Wildman–Crippen LogP) is 2.42. The summed E-state index contributed by atoms with van der Waals surface area (Å²) >= 11 is 0. The Balaban J connectivity index is 2.20. The summed E-state index contributed by atoms with van der Waals surface area (Å²) in [5, 5.41) is 3.40. The Morgan fingerprint density at radius 2 is 2.00 bits per heavy atom. The first-order chi connectivity index (χ1) is 10.2. The fraction of sp³-hybridized carbons (Fsp3) is 0.588. The number of amides is 1. The van der Waals surface area contributed by atoms with E-state index in [0.717, 1.165) is 39.0 Å². The number of nitrogens with zero attached hydrogens (tertiary/aromatic N) is 2. The largest absolute Gasteiger partial charge is 0.369 e. The number of carbonyl (C=O) groups excluding carboxylic acids is 1. The number of nitrogens with one attached hydrogen (secondary N) is 1. The van der Waals surface area contributed by atoms with Gasteiger partial charge in [-0.15, -0.1) is 0 Å². The van der Waals surface area contributed by atoms with E-state index in [0.29, 0.717) is 6.04 Å². The van der Waals surface area contributed by atoms with E-state index in [1.165, 1.54) is 11.3 Å². The van der Waals surface area contributed by atoms with E-state index in [2.05, 4.69) is 41.4 Å². The highest BCUT2D eigenvalue weighted by atomic mass is 16.2. The zero-order chi connectivity index (χ0) is 15.2. The molecule has 0 saturated carbocycles. The highest BCUT2D eigenvalue weighted by molar-refractivity contribution is 5.73. The topological polar surface area (TPSA) is 35.6 Å². The van der Waals surface area contributed by atoms with Crippen molar-refractivity contribution in [3.05, 3.63) is 29.8 Å². The Hall–Kier alpha value is -1.55. The molecule has 1 aliphatic rings. The summed E-state index contributed by atoms with van der Waals surface area (Å²) in [6, 6.07) is 9.02. The van der Waals surface area contributed by atoms with Crippen LogP contribution in [0.2, 0.25) is 0 Å². The van der Waals surface area contributed by atoms with E-state index in [1.807, 2.05) is 11.9 Å². The molecule has 1 aromatic carbocycles. The van der Waals surface area contributed by atoms with E-state index in [4.69, 9.17) is 0 Å². The number of hydrogen-bond acceptors (Lipinski definition) is 3. The lowest BCUT2D eigenvalue weighted by Crippen LogP contribution is -2.34. The van der Waals surface area contributed by atoms with Gasteiger partial charge in [0.25, 0.3) is 0 Å². The van der Waals surface area contributed by atoms with Crippen LogP contribution in [-0.2, 0) is 4.79 Å². The van der Waals surface area contributed by atoms with Gasteiger partial charge in [0.05, 0.1) is 0 Å². The molecule has 1 heterocycles. The Morgan fingerprint density at radius 1 is 1.24 bits per heavy atom. The number of hydrogen-bond donors (Lipinski definition) is 1. The summed E-state index contributed by atoms with van der Waals surface area (Å²) < 4.78 is 0. The minimum absolute atomic E-state index is 0.187. The zero-order valence-corrected chi connectivity index (χ0v) is 13.4. The Morgan fingerprint density at radius 3 is 2.67 bits per heavy atom. The lowest BCUT2D eigenvalue weighted by molar-refractivity contribution is -0.128. The van der Waals surface area contributed by atoms with Crippen molar-refractivity contribution < 1.29 is 4.79 Å². The third-order valence-corrected chi connectivity index (χ3v) is 4.35. The van der Waals surface area contributed by atoms with Crippen molar-refractivity contribution in [2.45, 2.75) is 32.7 Å². The van der Waals surface area contributed by atoms with Crippen LogP contribution in [0, 0.1) is 0 Å². The van der Waals surface area contributed by atoms with Gasteiger partial charge >= 0.3 is 0 Å². The molecule has 1 unspecified atom stereocenters. The summed E-state index contributed by atoms with van der Waals surface area (Å²) in [7, 11) is 2.02. The van der Waals surface area contributed by atoms with Gasteiger partial charge in [0.2, 0.25) is 5.91 Å². The maximum atomic E-state index is 11.6. The second-order valence-corrected chi connectivity index (χ2v) is 5.65. The SMILES string of the molecule is CCC(NC)c1ccccc1N1CCCN(C(C)=O)CC1. The van der Waals surface area contributed by atoms with Crippen LogP contribution in [0.3, 0.4) is 0 Å². The third kappa shape index (κ3) is 3.76. The van der Waals surface area contributed by atoms with Crippen molar-refractivity contribution in [1.82, 2.24) is 10.2 Å². The standard InChI is InChI=1S/C17H27N3O/c1-4-16(18-3)15-8-5-6-9-17(15)20-11-7-10-19(12-13-20)14(2)21/h5-6,8-9,16,18H,4,7,10-13H2,1-3H3. The first-order valence-electron chi connectivity index (χ1n) is 7.94. The van der Waals surface area contributed by atoms with E-state index >= 15 is 0 Å². The molecule has 1 saturated heterocycles. The Labute approximate surface area is 128 Å². The van der Waals surface area contributed by atoms with Crippen molar-refractivity contribution in [1.29, 1.82) is 0 Å². The predicted molar refractivity (Wildman–Crippen MR) is 87.6 cm³/mol. The molecule has 1 N–H and O–H groups in total. The zero-order valence-electron chi connectivity index (χ0n) is 13.4. The second-order valence-electron chi connectivity index (χ2n) is 5.65. The molecule has 116 valence electrons. The molecule has 0 radical (unpaired) electrons. The molecule has 4 nitrogen and oxygen atoms in total. The van der Waals surface area contributed by atoms with Gasteiger partial charge in [-0.3, -0.25) is 4.79 Å². The molecule has 4 heteroatoms. The first-order valence-corrected chi connectivity index (χ1v) is 7.94. The number of carbonyl (C=O) groups is 1. The van der Waals surface area contributed by atoms with Gasteiger partial charge in [-0.1, -0.05) is 25.1 Å². The summed E-state index contributed by atoms with van der Waals surface area (Å²) in [5.41, 5.74) is 2.67. The van der Waals surface area contributed by atoms with Crippen molar-refractivity contribution in [3.63, 3.8) is 0 Å². The molecule has 0 aliphatic carbocycles. The molecular formula is C17H27N3O. The number of para-hydroxylation sites is 1. The van der Waals surface area contributed by atoms with Crippen LogP contribution in [0.5, 0.6) is 0 Å². The maximum Gasteiger partial charge on any atom is 0.219 e. The summed E-state index contributed by atoms with van der Waals surface area (Å²) in [4.78, 5) is 15.9. The number of anilines is 1. The first kappa shape index (κ1) is 15.8. The quantitative estimate of drug-likeness (QED) is 0.924. The van der Waals surface area contributed by atoms with Gasteiger partial charge in [0, 0.05) is 44.8 Å². The van der Waals surface area contributed by atoms with Crippen LogP contribution < -0.4 is 10.2 Å². The van der Waals surface area contributed by atoms with Crippen LogP contribution in [0.15, 0.2) is 24.3 Å². The van der Waals surface area contributed by atoms with Crippen molar-refractivity contribution in [3.8, 4) is 0 Å². The number of benzene rings is 1. The minimum atomic E-state index is 0.187. The van der Waals surface area contributed by atoms with Crippen molar-refractivity contribution >= 4 is 11.6 Å². The Bertz CT molecular complexity index is 471. The highest BCUT2D eigenvalue weighted by Crippen LogP contribution is 2.28. The normalized spacial score (nSPS) is 17.5. The monoisotopic (exact) mass is 289 g/mol. The van der Waals surface area contributed by atoms with Crippen molar-refractivity contribution in [2.75, 3.05) is 38.1 Å². The molecule has 0 aromatic heterocycles. The van der Waals surface area contributed by atoms with Gasteiger partial charge in [-0.05, 0) is 31.5 Å². The highest BCUT2D eigenvalue weighted by Gasteiger charge is 2.20. The van der Waals surface area contributed by atoms with Crippen LogP contribution in [0.25, 0.3) is 0 Å². The lowest BCUT2D eigenvalue weighted by atomic mass is 10.0. The smallest absolute Gasteiger partial charge is 0.219 e. The van der Waals surface area contributed by atoms with Gasteiger partial charge in [-0.25, -0.2) is 0 Å². The van der Waals surface area contributed by atoms with E-state index in [9.17, 15) is 4.79 Å². The molecule has 1 fully saturated rings. The molecule has 0 bridgehead atoms. The minimum Gasteiger partial charge on any atom is -0.369 e. The van der Waals surface area contributed by atoms with E-state index in [-0.39, 0.29) is 5.91 Å². The van der Waals surface area contributed by atoms with Crippen LogP contribution >= 0.6 is 0 Å². The van der Waals surface area contributed by atoms with Crippen molar-refractivity contribution in [2.24, 2.45) is 0 Å². The molecule has 2 rings (SSSR count). The fourth-order valence-electron chi connectivity index (χ4n) is 3.12. The van der Waals surface area contributed by atoms with Gasteiger partial charge in [0.15, 0.2) is 0 Å². The van der Waals surface area contributed by atoms with Crippen LogP contribution in [-0.4, -0.2) is 44.0 Å². The maximum absolute atomic E-state index is 11.6. The van der Waals surface area contributed by atoms with Gasteiger partial charge < -0.3 is 15.1 Å². The molecular weight excluding hydrogens is 262 g/mol. The fourth-order valence-corrected chi connectivity index (χ4v) is 3.12. The third-order valence-electron chi connectivity index (χ3n) is 4.35. The van der Waals surface area contributed by atoms with Crippen LogP contribution in [0.4, 0.5) is 5.69 Å². The molecule has 1 atom stereocenters. The Kier molecular flexibility index (Phi) is 5.62. The summed E-state index contributed by atoms with van der Waals surface area (Å²) in [6.07, 6.45) is 2.10. The molecule has 1 aliphatic heterocycles. The average molecular weight is 289 g/mol. The second kappa shape index (κ2) is 7.46.